The molecule has 2 N–H and O–H groups in total. The van der Waals surface area contributed by atoms with Crippen molar-refractivity contribution in [3.8, 4) is 0 Å². The Hall–Kier alpha value is -1.21. The Morgan fingerprint density at radius 1 is 1.36 bits per heavy atom. The summed E-state index contributed by atoms with van der Waals surface area (Å²) in [4.78, 5) is 11.3. The summed E-state index contributed by atoms with van der Waals surface area (Å²) in [5.74, 6) is -0.263. The highest BCUT2D eigenvalue weighted by molar-refractivity contribution is 7.88. The van der Waals surface area contributed by atoms with Gasteiger partial charge in [-0.15, -0.1) is 0 Å². The Bertz CT molecular complexity index is 532. The summed E-state index contributed by atoms with van der Waals surface area (Å²) in [5.41, 5.74) is 1.22. The fourth-order valence-electron chi connectivity index (χ4n) is 1.44. The van der Waals surface area contributed by atoms with Gasteiger partial charge in [0.15, 0.2) is 0 Å². The van der Waals surface area contributed by atoms with E-state index in [0.717, 1.165) is 0 Å². The third-order valence-electron chi connectivity index (χ3n) is 2.20. The first-order chi connectivity index (χ1) is 6.49. The van der Waals surface area contributed by atoms with Gasteiger partial charge in [0, 0.05) is 12.1 Å². The molecule has 0 radical (unpaired) electrons. The first-order valence-corrected chi connectivity index (χ1v) is 5.69. The molecule has 1 aromatic rings. The molecule has 0 unspecified atom stereocenters. The van der Waals surface area contributed by atoms with Crippen LogP contribution >= 0.6 is 0 Å². The first-order valence-electron chi connectivity index (χ1n) is 4.04. The van der Waals surface area contributed by atoms with Crippen LogP contribution in [0.15, 0.2) is 4.79 Å². The number of aryl methyl sites for hydroxylation is 1. The number of aromatic nitrogens is 2. The van der Waals surface area contributed by atoms with Crippen LogP contribution < -0.4 is 10.3 Å². The Kier molecular flexibility index (Phi) is 1.93. The molecule has 0 aromatic carbocycles. The van der Waals surface area contributed by atoms with Gasteiger partial charge in [0.25, 0.3) is 5.56 Å². The van der Waals surface area contributed by atoms with Crippen molar-refractivity contribution in [1.29, 1.82) is 0 Å². The summed E-state index contributed by atoms with van der Waals surface area (Å²) < 4.78 is 24.7. The highest BCUT2D eigenvalue weighted by Crippen LogP contribution is 2.15. The lowest BCUT2D eigenvalue weighted by Gasteiger charge is -2.17. The number of nitrogens with one attached hydrogen (secondary N) is 2. The van der Waals surface area contributed by atoms with Gasteiger partial charge in [-0.05, 0) is 12.5 Å². The summed E-state index contributed by atoms with van der Waals surface area (Å²) >= 11 is 0. The average Bonchev–Trinajstić information content (AvgIpc) is 2.10. The lowest BCUT2D eigenvalue weighted by atomic mass is 10.1. The van der Waals surface area contributed by atoms with Crippen LogP contribution in [0.4, 0.5) is 0 Å². The van der Waals surface area contributed by atoms with E-state index in [4.69, 9.17) is 0 Å². The van der Waals surface area contributed by atoms with Crippen LogP contribution in [0.25, 0.3) is 0 Å². The van der Waals surface area contributed by atoms with Crippen molar-refractivity contribution in [2.24, 2.45) is 0 Å². The zero-order chi connectivity index (χ0) is 10.3. The van der Waals surface area contributed by atoms with E-state index in [1.807, 2.05) is 0 Å². The van der Waals surface area contributed by atoms with E-state index in [-0.39, 0.29) is 12.3 Å². The molecule has 1 aliphatic rings. The maximum absolute atomic E-state index is 11.3. The lowest BCUT2D eigenvalue weighted by molar-refractivity contribution is 0.573. The van der Waals surface area contributed by atoms with E-state index < -0.39 is 15.6 Å². The number of hydrogen-bond donors (Lipinski definition) is 2. The Balaban J connectivity index is 2.68. The maximum atomic E-state index is 11.3. The molecule has 14 heavy (non-hydrogen) atoms. The summed E-state index contributed by atoms with van der Waals surface area (Å²) in [6.07, 6.45) is 0. The van der Waals surface area contributed by atoms with Crippen molar-refractivity contribution < 1.29 is 8.42 Å². The first kappa shape index (κ1) is 9.35. The second-order valence-corrected chi connectivity index (χ2v) is 4.98. The van der Waals surface area contributed by atoms with E-state index in [1.165, 1.54) is 0 Å². The number of sulfonamides is 1. The molecule has 2 heterocycles. The zero-order valence-electron chi connectivity index (χ0n) is 7.49. The normalized spacial score (nSPS) is 18.9. The number of rotatable bonds is 0. The maximum Gasteiger partial charge on any atom is 0.268 e. The molecule has 0 aliphatic carbocycles. The second-order valence-electron chi connectivity index (χ2n) is 3.18. The van der Waals surface area contributed by atoms with Crippen LogP contribution in [0.5, 0.6) is 0 Å². The van der Waals surface area contributed by atoms with Gasteiger partial charge in [-0.25, -0.2) is 18.2 Å². The molecule has 1 aliphatic heterocycles. The van der Waals surface area contributed by atoms with Gasteiger partial charge < -0.3 is 0 Å². The Morgan fingerprint density at radius 3 is 2.79 bits per heavy atom. The molecule has 0 atom stereocenters. The zero-order valence-corrected chi connectivity index (χ0v) is 8.31. The lowest BCUT2D eigenvalue weighted by Crippen LogP contribution is -2.35. The molecule has 0 amide bonds. The van der Waals surface area contributed by atoms with E-state index in [1.54, 1.807) is 6.92 Å². The molecular weight excluding hydrogens is 206 g/mol. The summed E-state index contributed by atoms with van der Waals surface area (Å²) in [7, 11) is -3.33. The van der Waals surface area contributed by atoms with Crippen molar-refractivity contribution in [3.63, 3.8) is 0 Å². The van der Waals surface area contributed by atoms with E-state index in [9.17, 15) is 13.2 Å². The molecule has 7 heteroatoms. The fourth-order valence-corrected chi connectivity index (χ4v) is 2.59. The quantitative estimate of drug-likeness (QED) is 0.581. The third kappa shape index (κ3) is 1.44. The average molecular weight is 215 g/mol. The number of H-pyrrole nitrogens is 1. The summed E-state index contributed by atoms with van der Waals surface area (Å²) in [6, 6.07) is 0. The van der Waals surface area contributed by atoms with Crippen molar-refractivity contribution in [2.75, 3.05) is 0 Å². The predicted octanol–water partition coefficient (Wildman–Crippen LogP) is -0.989. The van der Waals surface area contributed by atoms with Gasteiger partial charge >= 0.3 is 0 Å². The van der Waals surface area contributed by atoms with Gasteiger partial charge in [0.2, 0.25) is 10.0 Å². The molecule has 76 valence electrons. The molecule has 1 aromatic heterocycles. The van der Waals surface area contributed by atoms with E-state index in [0.29, 0.717) is 16.8 Å². The van der Waals surface area contributed by atoms with Crippen LogP contribution in [-0.2, 0) is 22.3 Å². The molecule has 0 saturated heterocycles. The monoisotopic (exact) mass is 215 g/mol. The number of hydrogen-bond acceptors (Lipinski definition) is 4. The van der Waals surface area contributed by atoms with Gasteiger partial charge in [-0.3, -0.25) is 4.79 Å². The van der Waals surface area contributed by atoms with Crippen LogP contribution in [0.1, 0.15) is 16.8 Å². The van der Waals surface area contributed by atoms with Gasteiger partial charge in [0.1, 0.15) is 0 Å². The van der Waals surface area contributed by atoms with Crippen molar-refractivity contribution >= 4 is 10.0 Å². The minimum atomic E-state index is -3.33. The van der Waals surface area contributed by atoms with Gasteiger partial charge in [-0.2, -0.15) is 5.10 Å². The topological polar surface area (TPSA) is 91.9 Å². The highest BCUT2D eigenvalue weighted by atomic mass is 32.2. The second kappa shape index (κ2) is 2.89. The van der Waals surface area contributed by atoms with Crippen LogP contribution in [-0.4, -0.2) is 18.6 Å². The summed E-state index contributed by atoms with van der Waals surface area (Å²) in [5, 5.41) is 6.04. The van der Waals surface area contributed by atoms with E-state index in [2.05, 4.69) is 14.9 Å². The Morgan fingerprint density at radius 2 is 2.07 bits per heavy atom. The standard InChI is InChI=1S/C7H9N3O3S/c1-4-5-2-8-14(12,13)3-6(5)7(11)10-9-4/h8H,2-3H2,1H3,(H,10,11). The SMILES string of the molecule is Cc1n[nH]c(=O)c2c1CNS(=O)(=O)C2. The van der Waals surface area contributed by atoms with Crippen LogP contribution in [0, 0.1) is 6.92 Å². The number of aromatic amines is 1. The largest absolute Gasteiger partial charge is 0.268 e. The molecule has 2 rings (SSSR count). The van der Waals surface area contributed by atoms with Gasteiger partial charge in [0.05, 0.1) is 11.4 Å². The van der Waals surface area contributed by atoms with E-state index >= 15 is 0 Å². The number of fused-ring (bicyclic) bond motifs is 1. The fraction of sp³-hybridized carbons (Fsp3) is 0.429. The van der Waals surface area contributed by atoms with Crippen LogP contribution in [0.3, 0.4) is 0 Å². The van der Waals surface area contributed by atoms with Crippen LogP contribution in [0.2, 0.25) is 0 Å². The third-order valence-corrected chi connectivity index (χ3v) is 3.46. The molecular formula is C7H9N3O3S. The smallest absolute Gasteiger partial charge is 0.268 e. The molecule has 0 bridgehead atoms. The highest BCUT2D eigenvalue weighted by Gasteiger charge is 2.24. The Labute approximate surface area is 80.4 Å². The molecule has 6 nitrogen and oxygen atoms in total. The van der Waals surface area contributed by atoms with Crippen molar-refractivity contribution in [3.05, 3.63) is 27.2 Å². The molecule has 0 fully saturated rings. The number of nitrogens with zero attached hydrogens (tertiary/aromatic N) is 1. The molecule has 0 spiro atoms. The molecule has 0 saturated carbocycles. The van der Waals surface area contributed by atoms with Crippen molar-refractivity contribution in [1.82, 2.24) is 14.9 Å². The minimum Gasteiger partial charge on any atom is -0.268 e. The van der Waals surface area contributed by atoms with Crippen molar-refractivity contribution in [2.45, 2.75) is 19.2 Å². The van der Waals surface area contributed by atoms with Gasteiger partial charge in [-0.1, -0.05) is 0 Å². The summed E-state index contributed by atoms with van der Waals surface area (Å²) in [6.45, 7) is 1.88. The minimum absolute atomic E-state index is 0.153. The predicted molar refractivity (Wildman–Crippen MR) is 49.1 cm³/mol.